The fraction of sp³-hybridized carbons (Fsp3) is 0.136. The highest BCUT2D eigenvalue weighted by molar-refractivity contribution is 6.10. The molecule has 0 fully saturated rings. The van der Waals surface area contributed by atoms with E-state index in [0.717, 1.165) is 27.9 Å². The molecule has 1 amide bonds. The Morgan fingerprint density at radius 1 is 1.04 bits per heavy atom. The molecule has 2 N–H and O–H groups in total. The average molecular weight is 372 g/mol. The number of carbonyl (C=O) groups excluding carboxylic acids is 1. The van der Waals surface area contributed by atoms with Crippen molar-refractivity contribution >= 4 is 22.5 Å². The van der Waals surface area contributed by atoms with Gasteiger partial charge in [0.25, 0.3) is 5.91 Å². The van der Waals surface area contributed by atoms with Gasteiger partial charge in [0.2, 0.25) is 0 Å². The number of nitrogens with one attached hydrogen (secondary N) is 2. The van der Waals surface area contributed by atoms with Gasteiger partial charge in [-0.3, -0.25) is 14.9 Å². The maximum absolute atomic E-state index is 12.7. The molecule has 6 nitrogen and oxygen atoms in total. The molecule has 2 aromatic carbocycles. The molecule has 0 atom stereocenters. The van der Waals surface area contributed by atoms with Crippen molar-refractivity contribution in [1.29, 1.82) is 0 Å². The molecule has 0 radical (unpaired) electrons. The summed E-state index contributed by atoms with van der Waals surface area (Å²) in [4.78, 5) is 17.2. The zero-order chi connectivity index (χ0) is 19.5. The van der Waals surface area contributed by atoms with Gasteiger partial charge in [-0.05, 0) is 56.3 Å². The number of carbonyl (C=O) groups is 1. The SMILES string of the molecule is CC(C)Oc1ccc(C(=O)Nc2cccc3c(-c4ccn[nH]4)ccnc23)cc1. The summed E-state index contributed by atoms with van der Waals surface area (Å²) in [5.74, 6) is 0.542. The first-order valence-electron chi connectivity index (χ1n) is 9.07. The predicted molar refractivity (Wildman–Crippen MR) is 109 cm³/mol. The van der Waals surface area contributed by atoms with E-state index < -0.39 is 0 Å². The van der Waals surface area contributed by atoms with E-state index >= 15 is 0 Å². The minimum atomic E-state index is -0.197. The number of H-pyrrole nitrogens is 1. The molecule has 0 aliphatic heterocycles. The standard InChI is InChI=1S/C22H20N4O2/c1-14(2)28-16-8-6-15(7-9-16)22(27)25-20-5-3-4-18-17(10-12-23-21(18)20)19-11-13-24-26-19/h3-14H,1-2H3,(H,24,26)(H,25,27). The monoisotopic (exact) mass is 372 g/mol. The normalized spacial score (nSPS) is 11.0. The van der Waals surface area contributed by atoms with Crippen LogP contribution in [-0.4, -0.2) is 27.2 Å². The molecule has 28 heavy (non-hydrogen) atoms. The molecule has 6 heteroatoms. The summed E-state index contributed by atoms with van der Waals surface area (Å²) >= 11 is 0. The third kappa shape index (κ3) is 3.57. The van der Waals surface area contributed by atoms with E-state index in [1.54, 1.807) is 36.7 Å². The van der Waals surface area contributed by atoms with Gasteiger partial charge in [0, 0.05) is 28.9 Å². The van der Waals surface area contributed by atoms with Crippen molar-refractivity contribution in [3.63, 3.8) is 0 Å². The number of para-hydroxylation sites is 1. The quantitative estimate of drug-likeness (QED) is 0.534. The lowest BCUT2D eigenvalue weighted by Crippen LogP contribution is -2.12. The molecule has 0 bridgehead atoms. The Morgan fingerprint density at radius 3 is 2.57 bits per heavy atom. The van der Waals surface area contributed by atoms with E-state index in [1.807, 2.05) is 44.2 Å². The summed E-state index contributed by atoms with van der Waals surface area (Å²) in [6, 6.07) is 16.7. The highest BCUT2D eigenvalue weighted by Crippen LogP contribution is 2.30. The largest absolute Gasteiger partial charge is 0.491 e. The van der Waals surface area contributed by atoms with Crippen molar-refractivity contribution < 1.29 is 9.53 Å². The molecule has 2 heterocycles. The van der Waals surface area contributed by atoms with Crippen LogP contribution >= 0.6 is 0 Å². The molecular formula is C22H20N4O2. The van der Waals surface area contributed by atoms with Gasteiger partial charge in [0.1, 0.15) is 5.75 Å². The highest BCUT2D eigenvalue weighted by Gasteiger charge is 2.12. The number of nitrogens with zero attached hydrogens (tertiary/aromatic N) is 2. The maximum Gasteiger partial charge on any atom is 0.255 e. The lowest BCUT2D eigenvalue weighted by molar-refractivity contribution is 0.102. The van der Waals surface area contributed by atoms with Crippen LogP contribution in [0.4, 0.5) is 5.69 Å². The number of pyridine rings is 1. The average Bonchev–Trinajstić information content (AvgIpc) is 3.22. The first-order chi connectivity index (χ1) is 13.6. The fourth-order valence-electron chi connectivity index (χ4n) is 3.07. The van der Waals surface area contributed by atoms with Crippen LogP contribution < -0.4 is 10.1 Å². The van der Waals surface area contributed by atoms with Crippen molar-refractivity contribution in [2.24, 2.45) is 0 Å². The third-order valence-electron chi connectivity index (χ3n) is 4.30. The molecule has 140 valence electrons. The Labute approximate surface area is 162 Å². The van der Waals surface area contributed by atoms with Gasteiger partial charge in [-0.25, -0.2) is 0 Å². The second-order valence-corrected chi connectivity index (χ2v) is 6.68. The number of hydrogen-bond donors (Lipinski definition) is 2. The van der Waals surface area contributed by atoms with E-state index in [2.05, 4.69) is 20.5 Å². The van der Waals surface area contributed by atoms with Gasteiger partial charge in [-0.15, -0.1) is 0 Å². The number of amides is 1. The number of aromatic nitrogens is 3. The predicted octanol–water partition coefficient (Wildman–Crippen LogP) is 4.66. The summed E-state index contributed by atoms with van der Waals surface area (Å²) < 4.78 is 5.62. The first kappa shape index (κ1) is 17.7. The lowest BCUT2D eigenvalue weighted by atomic mass is 10.1. The van der Waals surface area contributed by atoms with Gasteiger partial charge in [-0.1, -0.05) is 12.1 Å². The number of fused-ring (bicyclic) bond motifs is 1. The minimum absolute atomic E-state index is 0.0884. The van der Waals surface area contributed by atoms with Crippen molar-refractivity contribution in [2.45, 2.75) is 20.0 Å². The van der Waals surface area contributed by atoms with Crippen LogP contribution in [0.15, 0.2) is 67.0 Å². The fourth-order valence-corrected chi connectivity index (χ4v) is 3.07. The van der Waals surface area contributed by atoms with Crippen LogP contribution in [0.5, 0.6) is 5.75 Å². The summed E-state index contributed by atoms with van der Waals surface area (Å²) in [6.07, 6.45) is 3.53. The number of anilines is 1. The third-order valence-corrected chi connectivity index (χ3v) is 4.30. The Hall–Kier alpha value is -3.67. The van der Waals surface area contributed by atoms with Crippen LogP contribution in [0.1, 0.15) is 24.2 Å². The zero-order valence-electron chi connectivity index (χ0n) is 15.6. The molecular weight excluding hydrogens is 352 g/mol. The summed E-state index contributed by atoms with van der Waals surface area (Å²) in [5, 5.41) is 10.9. The number of aromatic amines is 1. The van der Waals surface area contributed by atoms with Gasteiger partial charge in [0.15, 0.2) is 0 Å². The minimum Gasteiger partial charge on any atom is -0.491 e. The second-order valence-electron chi connectivity index (χ2n) is 6.68. The Morgan fingerprint density at radius 2 is 1.86 bits per heavy atom. The van der Waals surface area contributed by atoms with Crippen molar-refractivity contribution in [3.05, 3.63) is 72.6 Å². The molecule has 2 aromatic heterocycles. The molecule has 0 saturated heterocycles. The Balaban J connectivity index is 1.63. The number of rotatable bonds is 5. The summed E-state index contributed by atoms with van der Waals surface area (Å²) in [6.45, 7) is 3.93. The van der Waals surface area contributed by atoms with E-state index in [9.17, 15) is 4.79 Å². The molecule has 0 saturated carbocycles. The van der Waals surface area contributed by atoms with E-state index in [-0.39, 0.29) is 12.0 Å². The topological polar surface area (TPSA) is 79.9 Å². The molecule has 0 aliphatic carbocycles. The van der Waals surface area contributed by atoms with Crippen LogP contribution in [0.25, 0.3) is 22.2 Å². The van der Waals surface area contributed by atoms with Crippen LogP contribution in [0, 0.1) is 0 Å². The van der Waals surface area contributed by atoms with Crippen LogP contribution in [-0.2, 0) is 0 Å². The molecule has 0 aliphatic rings. The van der Waals surface area contributed by atoms with Gasteiger partial charge >= 0.3 is 0 Å². The van der Waals surface area contributed by atoms with Crippen molar-refractivity contribution in [2.75, 3.05) is 5.32 Å². The molecule has 4 rings (SSSR count). The summed E-state index contributed by atoms with van der Waals surface area (Å²) in [7, 11) is 0. The van der Waals surface area contributed by atoms with E-state index in [0.29, 0.717) is 11.3 Å². The van der Waals surface area contributed by atoms with Gasteiger partial charge in [0.05, 0.1) is 23.0 Å². The highest BCUT2D eigenvalue weighted by atomic mass is 16.5. The van der Waals surface area contributed by atoms with Gasteiger partial charge in [-0.2, -0.15) is 5.10 Å². The Kier molecular flexibility index (Phi) is 4.76. The summed E-state index contributed by atoms with van der Waals surface area (Å²) in [5.41, 5.74) is 3.82. The maximum atomic E-state index is 12.7. The number of ether oxygens (including phenoxy) is 1. The van der Waals surface area contributed by atoms with Crippen molar-refractivity contribution in [1.82, 2.24) is 15.2 Å². The van der Waals surface area contributed by atoms with Crippen LogP contribution in [0.2, 0.25) is 0 Å². The molecule has 0 spiro atoms. The second kappa shape index (κ2) is 7.52. The van der Waals surface area contributed by atoms with E-state index in [4.69, 9.17) is 4.74 Å². The van der Waals surface area contributed by atoms with Crippen LogP contribution in [0.3, 0.4) is 0 Å². The van der Waals surface area contributed by atoms with Crippen molar-refractivity contribution in [3.8, 4) is 17.0 Å². The lowest BCUT2D eigenvalue weighted by Gasteiger charge is -2.12. The number of hydrogen-bond acceptors (Lipinski definition) is 4. The first-order valence-corrected chi connectivity index (χ1v) is 9.07. The molecule has 4 aromatic rings. The molecule has 0 unspecified atom stereocenters. The zero-order valence-corrected chi connectivity index (χ0v) is 15.6. The van der Waals surface area contributed by atoms with Gasteiger partial charge < -0.3 is 10.1 Å². The van der Waals surface area contributed by atoms with E-state index in [1.165, 1.54) is 0 Å². The Bertz CT molecular complexity index is 1100. The smallest absolute Gasteiger partial charge is 0.255 e. The number of benzene rings is 2.